The van der Waals surface area contributed by atoms with E-state index < -0.39 is 60.5 Å². The molecule has 7 nitrogen and oxygen atoms in total. The Morgan fingerprint density at radius 1 is 1.10 bits per heavy atom. The minimum atomic E-state index is -4.80. The van der Waals surface area contributed by atoms with Crippen LogP contribution in [-0.2, 0) is 32.9 Å². The average molecular weight is 574 g/mol. The van der Waals surface area contributed by atoms with E-state index >= 15 is 0 Å². The Labute approximate surface area is 231 Å². The number of hydrogen-bond acceptors (Lipinski definition) is 5. The average Bonchev–Trinajstić information content (AvgIpc) is 3.39. The molecule has 214 valence electrons. The van der Waals surface area contributed by atoms with Gasteiger partial charge in [-0.05, 0) is 61.2 Å². The molecule has 1 fully saturated rings. The van der Waals surface area contributed by atoms with Crippen LogP contribution in [0.15, 0.2) is 54.7 Å². The second-order valence-electron chi connectivity index (χ2n) is 10.1. The topological polar surface area (TPSA) is 79.8 Å². The van der Waals surface area contributed by atoms with Gasteiger partial charge in [0.1, 0.15) is 24.2 Å². The van der Waals surface area contributed by atoms with Crippen molar-refractivity contribution in [2.24, 2.45) is 0 Å². The first-order chi connectivity index (χ1) is 19.3. The second kappa shape index (κ2) is 10.2. The minimum absolute atomic E-state index is 0.0785. The molecule has 3 aromatic rings. The summed E-state index contributed by atoms with van der Waals surface area (Å²) >= 11 is 0. The highest BCUT2D eigenvalue weighted by atomic mass is 19.4. The number of hydrogen-bond donors (Lipinski definition) is 0. The fraction of sp³-hybridized carbons (Fsp3) is 0.310. The van der Waals surface area contributed by atoms with Crippen LogP contribution in [0.4, 0.5) is 26.7 Å². The molecule has 0 saturated carbocycles. The van der Waals surface area contributed by atoms with E-state index in [1.807, 2.05) is 0 Å². The summed E-state index contributed by atoms with van der Waals surface area (Å²) in [5, 5.41) is 0. The summed E-state index contributed by atoms with van der Waals surface area (Å²) < 4.78 is 73.3. The number of aromatic nitrogens is 1. The molecule has 12 heteroatoms. The smallest absolute Gasteiger partial charge is 0.418 e. The van der Waals surface area contributed by atoms with Crippen molar-refractivity contribution in [3.63, 3.8) is 0 Å². The molecule has 1 saturated heterocycles. The minimum Gasteiger partial charge on any atom is -0.427 e. The van der Waals surface area contributed by atoms with Crippen LogP contribution in [0.25, 0.3) is 11.3 Å². The third-order valence-electron chi connectivity index (χ3n) is 7.50. The highest BCUT2D eigenvalue weighted by Gasteiger charge is 2.58. The summed E-state index contributed by atoms with van der Waals surface area (Å²) in [7, 11) is 0. The third kappa shape index (κ3) is 5.14. The van der Waals surface area contributed by atoms with Gasteiger partial charge in [-0.2, -0.15) is 13.2 Å². The van der Waals surface area contributed by atoms with Gasteiger partial charge >= 0.3 is 12.3 Å². The third-order valence-corrected chi connectivity index (χ3v) is 7.50. The molecule has 0 unspecified atom stereocenters. The molecule has 1 aromatic heterocycles. The number of aryl methyl sites for hydroxylation is 2. The molecule has 0 radical (unpaired) electrons. The predicted molar refractivity (Wildman–Crippen MR) is 135 cm³/mol. The number of halogens is 5. The van der Waals surface area contributed by atoms with E-state index in [-0.39, 0.29) is 12.0 Å². The van der Waals surface area contributed by atoms with Crippen LogP contribution >= 0.6 is 0 Å². The van der Waals surface area contributed by atoms with Gasteiger partial charge in [0.15, 0.2) is 0 Å². The zero-order chi connectivity index (χ0) is 29.7. The number of alkyl halides is 3. The van der Waals surface area contributed by atoms with Gasteiger partial charge in [-0.3, -0.25) is 14.6 Å². The number of fused-ring (bicyclic) bond motifs is 2. The standard InChI is InChI=1S/C29H24F5N3O4/c1-16-11-22(31)13-35-25(16)20-5-8-23-19(12-20)9-10-28(23)26(39)37(27(40)41-28)15-24(38)36(17(2)29(32,33)34)14-18-3-6-21(30)7-4-18/h3-8,11-13,17H,9-10,14-15H2,1-2H3/t17-,28+/m0/s1. The molecule has 2 atom stereocenters. The Morgan fingerprint density at radius 3 is 2.46 bits per heavy atom. The second-order valence-corrected chi connectivity index (χ2v) is 10.1. The van der Waals surface area contributed by atoms with Crippen molar-refractivity contribution in [2.75, 3.05) is 6.54 Å². The summed E-state index contributed by atoms with van der Waals surface area (Å²) in [4.78, 5) is 44.7. The largest absolute Gasteiger partial charge is 0.427 e. The van der Waals surface area contributed by atoms with Gasteiger partial charge in [-0.15, -0.1) is 0 Å². The van der Waals surface area contributed by atoms with Gasteiger partial charge < -0.3 is 9.64 Å². The molecule has 2 aromatic carbocycles. The SMILES string of the molecule is Cc1cc(F)cnc1-c1ccc2c(c1)CC[C@@]21OC(=O)N(CC(=O)N(Cc2ccc(F)cc2)[C@@H](C)C(F)(F)F)C1=O. The van der Waals surface area contributed by atoms with Crippen LogP contribution in [0.3, 0.4) is 0 Å². The van der Waals surface area contributed by atoms with Crippen molar-refractivity contribution in [2.45, 2.75) is 51.1 Å². The molecule has 2 aliphatic rings. The van der Waals surface area contributed by atoms with Gasteiger partial charge in [-0.25, -0.2) is 18.5 Å². The zero-order valence-electron chi connectivity index (χ0n) is 22.0. The van der Waals surface area contributed by atoms with E-state index in [9.17, 15) is 36.3 Å². The summed E-state index contributed by atoms with van der Waals surface area (Å²) in [6.45, 7) is 1.00. The van der Waals surface area contributed by atoms with E-state index in [0.717, 1.165) is 25.3 Å². The number of ether oxygens (including phenoxy) is 1. The maximum atomic E-state index is 13.7. The molecule has 0 bridgehead atoms. The highest BCUT2D eigenvalue weighted by molar-refractivity contribution is 6.06. The Hall–Kier alpha value is -4.35. The Balaban J connectivity index is 1.39. The molecular weight excluding hydrogens is 549 g/mol. The van der Waals surface area contributed by atoms with E-state index in [2.05, 4.69) is 4.98 Å². The van der Waals surface area contributed by atoms with Crippen LogP contribution in [0.5, 0.6) is 0 Å². The van der Waals surface area contributed by atoms with E-state index in [1.54, 1.807) is 25.1 Å². The molecular formula is C29H24F5N3O4. The predicted octanol–water partition coefficient (Wildman–Crippen LogP) is 5.44. The van der Waals surface area contributed by atoms with E-state index in [1.165, 1.54) is 18.2 Å². The maximum Gasteiger partial charge on any atom is 0.418 e. The molecule has 41 heavy (non-hydrogen) atoms. The summed E-state index contributed by atoms with van der Waals surface area (Å²) in [5.74, 6) is -3.06. The lowest BCUT2D eigenvalue weighted by Gasteiger charge is -2.31. The Bertz CT molecular complexity index is 1540. The fourth-order valence-corrected chi connectivity index (χ4v) is 5.27. The fourth-order valence-electron chi connectivity index (χ4n) is 5.27. The first-order valence-electron chi connectivity index (χ1n) is 12.7. The number of nitrogens with zero attached hydrogens (tertiary/aromatic N) is 3. The number of carbonyl (C=O) groups is 3. The van der Waals surface area contributed by atoms with Crippen LogP contribution < -0.4 is 0 Å². The molecule has 0 N–H and O–H groups in total. The first kappa shape index (κ1) is 28.2. The van der Waals surface area contributed by atoms with Gasteiger partial charge in [0.2, 0.25) is 11.5 Å². The number of amides is 3. The van der Waals surface area contributed by atoms with Crippen molar-refractivity contribution in [1.82, 2.24) is 14.8 Å². The maximum absolute atomic E-state index is 13.7. The van der Waals surface area contributed by atoms with Crippen molar-refractivity contribution < 1.29 is 41.1 Å². The lowest BCUT2D eigenvalue weighted by Crippen LogP contribution is -2.51. The summed E-state index contributed by atoms with van der Waals surface area (Å²) in [6, 6.07) is 8.71. The number of benzene rings is 2. The molecule has 1 aliphatic carbocycles. The van der Waals surface area contributed by atoms with E-state index in [4.69, 9.17) is 4.74 Å². The van der Waals surface area contributed by atoms with Gasteiger partial charge in [0, 0.05) is 24.1 Å². The summed E-state index contributed by atoms with van der Waals surface area (Å²) in [5.41, 5.74) is 1.41. The van der Waals surface area contributed by atoms with Gasteiger partial charge in [0.25, 0.3) is 5.91 Å². The van der Waals surface area contributed by atoms with Crippen LogP contribution in [0.2, 0.25) is 0 Å². The number of rotatable bonds is 6. The normalized spacial score (nSPS) is 19.0. The molecule has 2 heterocycles. The quantitative estimate of drug-likeness (QED) is 0.368. The first-order valence-corrected chi connectivity index (χ1v) is 12.7. The molecule has 1 spiro atoms. The Kier molecular flexibility index (Phi) is 7.04. The molecule has 5 rings (SSSR count). The van der Waals surface area contributed by atoms with Crippen molar-refractivity contribution in [3.8, 4) is 11.3 Å². The lowest BCUT2D eigenvalue weighted by molar-refractivity contribution is -0.187. The number of imide groups is 1. The van der Waals surface area contributed by atoms with Crippen molar-refractivity contribution >= 4 is 17.9 Å². The zero-order valence-corrected chi connectivity index (χ0v) is 22.0. The Morgan fingerprint density at radius 2 is 1.80 bits per heavy atom. The van der Waals surface area contributed by atoms with Crippen molar-refractivity contribution in [3.05, 3.63) is 88.6 Å². The molecule has 3 amide bonds. The highest BCUT2D eigenvalue weighted by Crippen LogP contribution is 2.46. The monoisotopic (exact) mass is 573 g/mol. The number of carbonyl (C=O) groups excluding carboxylic acids is 3. The van der Waals surface area contributed by atoms with Crippen LogP contribution in [-0.4, -0.2) is 51.5 Å². The van der Waals surface area contributed by atoms with Gasteiger partial charge in [0.05, 0.1) is 11.9 Å². The van der Waals surface area contributed by atoms with E-state index in [0.29, 0.717) is 44.2 Å². The molecule has 1 aliphatic heterocycles. The number of pyridine rings is 1. The lowest BCUT2D eigenvalue weighted by atomic mass is 9.93. The summed E-state index contributed by atoms with van der Waals surface area (Å²) in [6.07, 6.45) is -4.43. The van der Waals surface area contributed by atoms with Crippen molar-refractivity contribution in [1.29, 1.82) is 0 Å². The van der Waals surface area contributed by atoms with Crippen LogP contribution in [0, 0.1) is 18.6 Å². The van der Waals surface area contributed by atoms with Crippen LogP contribution in [0.1, 0.15) is 35.6 Å². The van der Waals surface area contributed by atoms with Gasteiger partial charge in [-0.1, -0.05) is 24.3 Å².